The smallest absolute Gasteiger partial charge is 0.345 e. The highest BCUT2D eigenvalue weighted by Gasteiger charge is 2.36. The number of hydrogen-bond acceptors (Lipinski definition) is 10. The van der Waals surface area contributed by atoms with Crippen molar-refractivity contribution in [1.29, 1.82) is 0 Å². The van der Waals surface area contributed by atoms with Crippen LogP contribution in [0, 0.1) is 0 Å². The number of rotatable bonds is 10. The Morgan fingerprint density at radius 2 is 1.46 bits per heavy atom. The summed E-state index contributed by atoms with van der Waals surface area (Å²) in [6.45, 7) is -0.0633. The van der Waals surface area contributed by atoms with E-state index in [2.05, 4.69) is 5.32 Å². The number of amides is 1. The highest BCUT2D eigenvalue weighted by molar-refractivity contribution is 8.23. The van der Waals surface area contributed by atoms with Crippen LogP contribution in [0.25, 0.3) is 0 Å². The lowest BCUT2D eigenvalue weighted by Crippen LogP contribution is -2.43. The first kappa shape index (κ1) is 27.8. The van der Waals surface area contributed by atoms with E-state index in [1.807, 2.05) is 0 Å². The molecule has 1 atom stereocenters. The Hall–Kier alpha value is -3.77. The van der Waals surface area contributed by atoms with Crippen molar-refractivity contribution in [3.8, 4) is 0 Å². The molecule has 0 unspecified atom stereocenters. The van der Waals surface area contributed by atoms with Gasteiger partial charge < -0.3 is 24.6 Å². The number of ether oxygens (including phenoxy) is 3. The molecule has 1 aliphatic heterocycles. The summed E-state index contributed by atoms with van der Waals surface area (Å²) in [5.74, 6) is -4.11. The Morgan fingerprint density at radius 1 is 0.892 bits per heavy atom. The Morgan fingerprint density at radius 3 is 1.97 bits per heavy atom. The molecule has 12 heteroatoms. The van der Waals surface area contributed by atoms with Crippen LogP contribution in [-0.4, -0.2) is 55.2 Å². The molecule has 10 nitrogen and oxygen atoms in total. The van der Waals surface area contributed by atoms with E-state index in [1.165, 1.54) is 26.4 Å². The second-order valence-electron chi connectivity index (χ2n) is 7.55. The average Bonchev–Trinajstić information content (AvgIpc) is 3.36. The summed E-state index contributed by atoms with van der Waals surface area (Å²) in [4.78, 5) is 60.9. The third kappa shape index (κ3) is 7.37. The Bertz CT molecular complexity index is 1180. The van der Waals surface area contributed by atoms with Crippen molar-refractivity contribution in [2.75, 3.05) is 14.2 Å². The SMILES string of the molecule is COC(=O)C1=C(C(=O)OC)SC(c2ccc(C(=O)N[C@@H](CC(=O)O)C(=O)OCc3ccccc3)cc2)S1. The monoisotopic (exact) mass is 545 g/mol. The van der Waals surface area contributed by atoms with Gasteiger partial charge in [0.1, 0.15) is 22.5 Å². The summed E-state index contributed by atoms with van der Waals surface area (Å²) < 4.78 is 14.3. The molecule has 2 aromatic rings. The first-order valence-corrected chi connectivity index (χ1v) is 12.6. The molecule has 0 fully saturated rings. The first-order chi connectivity index (χ1) is 17.7. The highest BCUT2D eigenvalue weighted by atomic mass is 32.2. The lowest BCUT2D eigenvalue weighted by molar-refractivity contribution is -0.151. The lowest BCUT2D eigenvalue weighted by atomic mass is 10.1. The average molecular weight is 546 g/mol. The minimum Gasteiger partial charge on any atom is -0.481 e. The number of hydrogen-bond donors (Lipinski definition) is 2. The van der Waals surface area contributed by atoms with Crippen molar-refractivity contribution in [1.82, 2.24) is 5.32 Å². The number of esters is 3. The number of carbonyl (C=O) groups is 5. The molecule has 0 bridgehead atoms. The van der Waals surface area contributed by atoms with Crippen molar-refractivity contribution in [3.05, 3.63) is 81.1 Å². The van der Waals surface area contributed by atoms with Crippen LogP contribution in [-0.2, 0) is 40.0 Å². The number of nitrogens with one attached hydrogen (secondary N) is 1. The number of methoxy groups -OCH3 is 2. The molecule has 37 heavy (non-hydrogen) atoms. The largest absolute Gasteiger partial charge is 0.481 e. The standard InChI is InChI=1S/C25H23NO9S2/c1-33-23(31)19-20(24(32)34-2)37-25(36-19)16-10-8-15(9-11-16)21(29)26-17(12-18(27)28)22(30)35-13-14-6-4-3-5-7-14/h3-11,17,25H,12-13H2,1-2H3,(H,26,29)(H,27,28)/t17-/m0/s1. The van der Waals surface area contributed by atoms with Gasteiger partial charge in [-0.3, -0.25) is 9.59 Å². The fourth-order valence-corrected chi connectivity index (χ4v) is 5.99. The number of thioether (sulfide) groups is 2. The molecule has 0 saturated heterocycles. The maximum Gasteiger partial charge on any atom is 0.345 e. The van der Waals surface area contributed by atoms with Crippen LogP contribution in [0.3, 0.4) is 0 Å². The van der Waals surface area contributed by atoms with Gasteiger partial charge in [0.2, 0.25) is 0 Å². The Kier molecular flexibility index (Phi) is 9.75. The molecule has 3 rings (SSSR count). The van der Waals surface area contributed by atoms with E-state index in [1.54, 1.807) is 42.5 Å². The van der Waals surface area contributed by atoms with Gasteiger partial charge in [0.15, 0.2) is 0 Å². The predicted molar refractivity (Wildman–Crippen MR) is 135 cm³/mol. The number of carbonyl (C=O) groups excluding carboxylic acids is 4. The number of carboxylic acid groups (broad SMARTS) is 1. The van der Waals surface area contributed by atoms with Crippen LogP contribution in [0.2, 0.25) is 0 Å². The number of carboxylic acids is 1. The Balaban J connectivity index is 1.66. The summed E-state index contributed by atoms with van der Waals surface area (Å²) in [5, 5.41) is 11.6. The van der Waals surface area contributed by atoms with Gasteiger partial charge >= 0.3 is 23.9 Å². The van der Waals surface area contributed by atoms with Crippen molar-refractivity contribution >= 4 is 53.3 Å². The van der Waals surface area contributed by atoms with Gasteiger partial charge in [-0.2, -0.15) is 0 Å². The van der Waals surface area contributed by atoms with Crippen LogP contribution in [0.1, 0.15) is 32.5 Å². The molecular formula is C25H23NO9S2. The van der Waals surface area contributed by atoms with E-state index < -0.39 is 42.2 Å². The fourth-order valence-electron chi connectivity index (χ4n) is 3.18. The van der Waals surface area contributed by atoms with E-state index >= 15 is 0 Å². The number of benzene rings is 2. The molecule has 0 spiro atoms. The van der Waals surface area contributed by atoms with Gasteiger partial charge in [-0.25, -0.2) is 14.4 Å². The summed E-state index contributed by atoms with van der Waals surface area (Å²) in [5.41, 5.74) is 1.60. The minimum atomic E-state index is -1.39. The van der Waals surface area contributed by atoms with Gasteiger partial charge in [-0.05, 0) is 23.3 Å². The van der Waals surface area contributed by atoms with Crippen LogP contribution < -0.4 is 5.32 Å². The quantitative estimate of drug-likeness (QED) is 0.336. The summed E-state index contributed by atoms with van der Waals surface area (Å²) in [7, 11) is 2.43. The Labute approximate surface area is 220 Å². The molecule has 194 valence electrons. The van der Waals surface area contributed by atoms with E-state index in [-0.39, 0.29) is 26.6 Å². The van der Waals surface area contributed by atoms with Crippen molar-refractivity contribution in [3.63, 3.8) is 0 Å². The van der Waals surface area contributed by atoms with E-state index in [4.69, 9.17) is 14.2 Å². The van der Waals surface area contributed by atoms with Gasteiger partial charge in [0.05, 0.1) is 25.2 Å². The molecule has 0 aliphatic carbocycles. The lowest BCUT2D eigenvalue weighted by Gasteiger charge is -2.16. The topological polar surface area (TPSA) is 145 Å². The maximum absolute atomic E-state index is 12.8. The van der Waals surface area contributed by atoms with Crippen molar-refractivity contribution in [2.45, 2.75) is 23.7 Å². The summed E-state index contributed by atoms with van der Waals surface area (Å²) in [6, 6.07) is 13.7. The third-order valence-corrected chi connectivity index (χ3v) is 7.93. The molecule has 0 radical (unpaired) electrons. The third-order valence-electron chi connectivity index (χ3n) is 5.04. The zero-order chi connectivity index (χ0) is 26.9. The van der Waals surface area contributed by atoms with Crippen LogP contribution >= 0.6 is 23.5 Å². The minimum absolute atomic E-state index is 0.0633. The number of aliphatic carboxylic acids is 1. The summed E-state index contributed by atoms with van der Waals surface area (Å²) in [6.07, 6.45) is -0.648. The molecule has 2 N–H and O–H groups in total. The van der Waals surface area contributed by atoms with Crippen molar-refractivity contribution in [2.24, 2.45) is 0 Å². The molecule has 2 aromatic carbocycles. The van der Waals surface area contributed by atoms with Crippen LogP contribution in [0.4, 0.5) is 0 Å². The molecule has 1 heterocycles. The highest BCUT2D eigenvalue weighted by Crippen LogP contribution is 2.55. The molecule has 1 aliphatic rings. The zero-order valence-electron chi connectivity index (χ0n) is 19.8. The van der Waals surface area contributed by atoms with Gasteiger partial charge in [0.25, 0.3) is 5.91 Å². The molecular weight excluding hydrogens is 522 g/mol. The van der Waals surface area contributed by atoms with Gasteiger partial charge in [-0.15, -0.1) is 0 Å². The normalized spacial score (nSPS) is 14.0. The second-order valence-corrected chi connectivity index (χ2v) is 10.1. The predicted octanol–water partition coefficient (Wildman–Crippen LogP) is 3.04. The molecule has 0 saturated carbocycles. The first-order valence-electron chi connectivity index (χ1n) is 10.8. The maximum atomic E-state index is 12.8. The summed E-state index contributed by atoms with van der Waals surface area (Å²) >= 11 is 2.26. The van der Waals surface area contributed by atoms with Crippen LogP contribution in [0.5, 0.6) is 0 Å². The van der Waals surface area contributed by atoms with Gasteiger partial charge in [0, 0.05) is 5.56 Å². The second kappa shape index (κ2) is 13.0. The van der Waals surface area contributed by atoms with Crippen LogP contribution in [0.15, 0.2) is 64.4 Å². The zero-order valence-corrected chi connectivity index (χ0v) is 21.4. The fraction of sp³-hybridized carbons (Fsp3) is 0.240. The van der Waals surface area contributed by atoms with E-state index in [0.717, 1.165) is 29.1 Å². The molecule has 1 amide bonds. The van der Waals surface area contributed by atoms with E-state index in [0.29, 0.717) is 5.56 Å². The van der Waals surface area contributed by atoms with E-state index in [9.17, 15) is 29.1 Å². The molecule has 0 aromatic heterocycles. The van der Waals surface area contributed by atoms with Crippen molar-refractivity contribution < 1.29 is 43.3 Å². The van der Waals surface area contributed by atoms with Gasteiger partial charge in [-0.1, -0.05) is 66.0 Å².